The SMILES string of the molecule is CCOc1cnc(O[C@@H]2C[C@H]3C(=O)N[C@]4(C(=O)NS(=O)(=O)C5(C)CC5)C[C@H]4C=CCC[C@H](C)C[C@@H](COC)[C@H](NC(=O)O)C(=O)N3C2)c2ccc(OC)cc12. The van der Waals surface area contributed by atoms with Crippen molar-refractivity contribution in [1.82, 2.24) is 25.2 Å². The molecule has 2 aliphatic heterocycles. The number of amides is 4. The van der Waals surface area contributed by atoms with Crippen LogP contribution in [0.25, 0.3) is 10.8 Å². The molecule has 17 heteroatoms. The second-order valence-corrected chi connectivity index (χ2v) is 17.6. The number of pyridine rings is 1. The molecule has 3 heterocycles. The number of carbonyl (C=O) groups is 4. The number of nitrogens with one attached hydrogen (secondary N) is 3. The van der Waals surface area contributed by atoms with Gasteiger partial charge in [0.1, 0.15) is 35.2 Å². The highest BCUT2D eigenvalue weighted by Crippen LogP contribution is 2.48. The third-order valence-corrected chi connectivity index (χ3v) is 13.5. The Kier molecular flexibility index (Phi) is 11.5. The summed E-state index contributed by atoms with van der Waals surface area (Å²) < 4.78 is 50.7. The summed E-state index contributed by atoms with van der Waals surface area (Å²) in [5.74, 6) is -1.90. The Morgan fingerprint density at radius 2 is 1.91 bits per heavy atom. The zero-order valence-corrected chi connectivity index (χ0v) is 32.6. The lowest BCUT2D eigenvalue weighted by Crippen LogP contribution is -2.59. The van der Waals surface area contributed by atoms with Gasteiger partial charge in [-0.25, -0.2) is 18.2 Å². The fourth-order valence-electron chi connectivity index (χ4n) is 7.74. The van der Waals surface area contributed by atoms with Gasteiger partial charge in [0.2, 0.25) is 27.7 Å². The van der Waals surface area contributed by atoms with Gasteiger partial charge in [0.25, 0.3) is 5.91 Å². The van der Waals surface area contributed by atoms with Gasteiger partial charge in [0.15, 0.2) is 0 Å². The first-order valence-corrected chi connectivity index (χ1v) is 20.2. The lowest BCUT2D eigenvalue weighted by molar-refractivity contribution is -0.142. The van der Waals surface area contributed by atoms with Crippen molar-refractivity contribution in [2.75, 3.05) is 34.0 Å². The van der Waals surface area contributed by atoms with E-state index in [0.717, 1.165) is 0 Å². The van der Waals surface area contributed by atoms with E-state index >= 15 is 0 Å². The molecule has 300 valence electrons. The molecule has 0 spiro atoms. The van der Waals surface area contributed by atoms with Gasteiger partial charge in [0, 0.05) is 36.1 Å². The summed E-state index contributed by atoms with van der Waals surface area (Å²) in [7, 11) is -1.00. The highest BCUT2D eigenvalue weighted by Gasteiger charge is 2.63. The molecule has 4 amide bonds. The zero-order valence-electron chi connectivity index (χ0n) is 31.8. The Balaban J connectivity index is 1.37. The summed E-state index contributed by atoms with van der Waals surface area (Å²) in [6, 6.07) is 2.81. The van der Waals surface area contributed by atoms with Gasteiger partial charge in [-0.1, -0.05) is 19.1 Å². The number of nitrogens with zero attached hydrogens (tertiary/aromatic N) is 2. The van der Waals surface area contributed by atoms with Crippen LogP contribution < -0.4 is 29.6 Å². The summed E-state index contributed by atoms with van der Waals surface area (Å²) in [6.07, 6.45) is 5.76. The first kappa shape index (κ1) is 40.0. The van der Waals surface area contributed by atoms with Crippen LogP contribution in [0.2, 0.25) is 0 Å². The number of ether oxygens (including phenoxy) is 4. The molecular formula is C38H51N5O11S. The van der Waals surface area contributed by atoms with Gasteiger partial charge in [-0.05, 0) is 76.5 Å². The maximum absolute atomic E-state index is 14.6. The molecule has 4 N–H and O–H groups in total. The topological polar surface area (TPSA) is 212 Å². The molecule has 4 aliphatic rings. The monoisotopic (exact) mass is 785 g/mol. The number of sulfonamides is 1. The summed E-state index contributed by atoms with van der Waals surface area (Å²) in [6.45, 7) is 5.77. The van der Waals surface area contributed by atoms with Crippen LogP contribution in [0.4, 0.5) is 4.79 Å². The maximum Gasteiger partial charge on any atom is 0.405 e. The summed E-state index contributed by atoms with van der Waals surface area (Å²) in [5, 5.41) is 16.4. The largest absolute Gasteiger partial charge is 0.497 e. The molecule has 6 rings (SSSR count). The summed E-state index contributed by atoms with van der Waals surface area (Å²) >= 11 is 0. The Morgan fingerprint density at radius 3 is 2.58 bits per heavy atom. The minimum Gasteiger partial charge on any atom is -0.497 e. The molecule has 7 atom stereocenters. The van der Waals surface area contributed by atoms with Crippen molar-refractivity contribution in [2.24, 2.45) is 17.8 Å². The molecule has 55 heavy (non-hydrogen) atoms. The molecule has 3 fully saturated rings. The van der Waals surface area contributed by atoms with Crippen LogP contribution in [-0.2, 0) is 29.1 Å². The zero-order chi connectivity index (χ0) is 39.7. The quantitative estimate of drug-likeness (QED) is 0.242. The molecule has 1 aromatic carbocycles. The normalized spacial score (nSPS) is 29.1. The Labute approximate surface area is 320 Å². The van der Waals surface area contributed by atoms with Crippen LogP contribution in [-0.4, -0.2) is 110 Å². The Morgan fingerprint density at radius 1 is 1.15 bits per heavy atom. The van der Waals surface area contributed by atoms with Crippen LogP contribution in [0.15, 0.2) is 36.5 Å². The highest BCUT2D eigenvalue weighted by molar-refractivity contribution is 7.91. The van der Waals surface area contributed by atoms with Crippen molar-refractivity contribution >= 4 is 44.6 Å². The van der Waals surface area contributed by atoms with E-state index in [-0.39, 0.29) is 37.8 Å². The number of carboxylic acid groups (broad SMARTS) is 1. The lowest BCUT2D eigenvalue weighted by atomic mass is 9.87. The van der Waals surface area contributed by atoms with E-state index in [4.69, 9.17) is 18.9 Å². The van der Waals surface area contributed by atoms with E-state index in [1.54, 1.807) is 32.2 Å². The second-order valence-electron chi connectivity index (χ2n) is 15.4. The van der Waals surface area contributed by atoms with E-state index in [2.05, 4.69) is 20.3 Å². The molecule has 2 aliphatic carbocycles. The van der Waals surface area contributed by atoms with Crippen molar-refractivity contribution < 1.29 is 51.6 Å². The van der Waals surface area contributed by atoms with E-state index in [1.165, 1.54) is 18.2 Å². The molecule has 2 aromatic rings. The van der Waals surface area contributed by atoms with E-state index in [0.29, 0.717) is 61.0 Å². The molecule has 0 radical (unpaired) electrons. The molecule has 0 unspecified atom stereocenters. The number of benzene rings is 1. The fraction of sp³-hybridized carbons (Fsp3) is 0.605. The smallest absolute Gasteiger partial charge is 0.405 e. The standard InChI is InChI=1S/C38H51N5O11S/c1-6-53-30-19-39-33(27-12-11-25(52-5)16-28(27)30)54-26-17-29-32(44)41-38(35(46)42-55(49,50)37(3)13-14-37)18-24(38)10-8-7-9-22(2)15-23(21-51-4)31(40-36(47)48)34(45)43(29)20-26/h8,10-12,16,19,22-24,26,29,31,40H,6-7,9,13-15,17-18,20-21H2,1-5H3,(H,41,44)(H,42,46)(H,47,48)/t22-,23-,24+,26+,29-,31-,38+/m0/s1. The van der Waals surface area contributed by atoms with Gasteiger partial charge in [-0.2, -0.15) is 0 Å². The van der Waals surface area contributed by atoms with Crippen molar-refractivity contribution in [3.05, 3.63) is 36.5 Å². The number of carbonyl (C=O) groups excluding carboxylic acids is 3. The number of methoxy groups -OCH3 is 2. The molecule has 0 bridgehead atoms. The predicted octanol–water partition coefficient (Wildman–Crippen LogP) is 3.14. The molecule has 1 aromatic heterocycles. The van der Waals surface area contributed by atoms with Gasteiger partial charge >= 0.3 is 6.09 Å². The summed E-state index contributed by atoms with van der Waals surface area (Å²) in [4.78, 5) is 61.0. The Hall–Kier alpha value is -4.64. The second kappa shape index (κ2) is 15.8. The number of allylic oxidation sites excluding steroid dienone is 1. The minimum atomic E-state index is -4.03. The van der Waals surface area contributed by atoms with E-state index in [1.807, 2.05) is 26.0 Å². The van der Waals surface area contributed by atoms with Gasteiger partial charge in [0.05, 0.1) is 37.8 Å². The van der Waals surface area contributed by atoms with Crippen LogP contribution in [0, 0.1) is 17.8 Å². The highest BCUT2D eigenvalue weighted by atomic mass is 32.2. The molecule has 1 saturated heterocycles. The number of fused-ring (bicyclic) bond motifs is 3. The van der Waals surface area contributed by atoms with Gasteiger partial charge < -0.3 is 39.6 Å². The average molecular weight is 786 g/mol. The average Bonchev–Trinajstić information content (AvgIpc) is 4.02. The minimum absolute atomic E-state index is 0.0379. The number of rotatable bonds is 11. The van der Waals surface area contributed by atoms with Crippen molar-refractivity contribution in [3.8, 4) is 17.4 Å². The van der Waals surface area contributed by atoms with Crippen molar-refractivity contribution in [3.63, 3.8) is 0 Å². The first-order chi connectivity index (χ1) is 26.1. The van der Waals surface area contributed by atoms with Gasteiger partial charge in [-0.3, -0.25) is 19.1 Å². The predicted molar refractivity (Wildman–Crippen MR) is 200 cm³/mol. The van der Waals surface area contributed by atoms with Crippen molar-refractivity contribution in [1.29, 1.82) is 0 Å². The van der Waals surface area contributed by atoms with Crippen LogP contribution in [0.1, 0.15) is 65.7 Å². The van der Waals surface area contributed by atoms with E-state index in [9.17, 15) is 32.7 Å². The fourth-order valence-corrected chi connectivity index (χ4v) is 9.06. The molecule has 16 nitrogen and oxygen atoms in total. The van der Waals surface area contributed by atoms with E-state index < -0.39 is 74.1 Å². The number of aromatic nitrogens is 1. The summed E-state index contributed by atoms with van der Waals surface area (Å²) in [5.41, 5.74) is -1.57. The molecule has 2 saturated carbocycles. The lowest BCUT2D eigenvalue weighted by Gasteiger charge is -2.33. The van der Waals surface area contributed by atoms with Crippen molar-refractivity contribution in [2.45, 2.75) is 94.2 Å². The first-order valence-electron chi connectivity index (χ1n) is 18.8. The van der Waals surface area contributed by atoms with Crippen LogP contribution in [0.3, 0.4) is 0 Å². The van der Waals surface area contributed by atoms with Crippen LogP contribution in [0.5, 0.6) is 17.4 Å². The van der Waals surface area contributed by atoms with Gasteiger partial charge in [-0.15, -0.1) is 0 Å². The Bertz CT molecular complexity index is 1950. The molecular weight excluding hydrogens is 735 g/mol. The third kappa shape index (κ3) is 8.32. The number of hydrogen-bond acceptors (Lipinski definition) is 11. The number of hydrogen-bond donors (Lipinski definition) is 4. The maximum atomic E-state index is 14.6. The third-order valence-electron chi connectivity index (χ3n) is 11.3. The van der Waals surface area contributed by atoms with Crippen LogP contribution >= 0.6 is 0 Å².